The lowest BCUT2D eigenvalue weighted by Crippen LogP contribution is -2.08. The van der Waals surface area contributed by atoms with Crippen LogP contribution < -0.4 is 0 Å². The smallest absolute Gasteiger partial charge is 0.225 e. The monoisotopic (exact) mass is 208 g/mol. The van der Waals surface area contributed by atoms with Crippen molar-refractivity contribution in [2.75, 3.05) is 0 Å². The Labute approximate surface area is 75.0 Å². The largest absolute Gasteiger partial charge is 0.286 e. The highest BCUT2D eigenvalue weighted by atomic mass is 35.7. The van der Waals surface area contributed by atoms with Gasteiger partial charge in [0.2, 0.25) is 21.5 Å². The Bertz CT molecular complexity index is 284. The van der Waals surface area contributed by atoms with Crippen molar-refractivity contribution in [2.45, 2.75) is 0 Å². The highest BCUT2D eigenvalue weighted by molar-refractivity contribution is 7.98. The second-order valence-corrected chi connectivity index (χ2v) is 2.91. The van der Waals surface area contributed by atoms with Crippen LogP contribution in [0.4, 0.5) is 0 Å². The minimum Gasteiger partial charge on any atom is -0.286 e. The van der Waals surface area contributed by atoms with E-state index in [0.29, 0.717) is 0 Å². The molecule has 0 aromatic heterocycles. The minimum absolute atomic E-state index is 0.437. The molecular formula is C6H5ClO4S. The van der Waals surface area contributed by atoms with Crippen molar-refractivity contribution < 1.29 is 18.0 Å². The fourth-order valence-electron chi connectivity index (χ4n) is 0.450. The molecule has 0 heterocycles. The molecule has 0 aromatic carbocycles. The van der Waals surface area contributed by atoms with E-state index in [9.17, 15) is 9.59 Å². The van der Waals surface area contributed by atoms with Crippen LogP contribution in [-0.4, -0.2) is 20.0 Å². The maximum Gasteiger partial charge on any atom is 0.225 e. The lowest BCUT2D eigenvalue weighted by atomic mass is 10.1. The topological polar surface area (TPSA) is 68.3 Å². The normalized spacial score (nSPS) is 14.5. The molecule has 0 fully saturated rings. The van der Waals surface area contributed by atoms with Crippen molar-refractivity contribution >= 4 is 32.2 Å². The standard InChI is InChI=1S/C6H4O2.ClHO2S/c7-5-3-1-2-4-6(5)8;1-4(2)3/h1-4H;4H. The number of rotatable bonds is 0. The molecule has 0 bridgehead atoms. The van der Waals surface area contributed by atoms with Gasteiger partial charge in [0.25, 0.3) is 0 Å². The molecule has 0 N–H and O–H groups in total. The first kappa shape index (κ1) is 11.1. The molecule has 0 saturated carbocycles. The summed E-state index contributed by atoms with van der Waals surface area (Å²) in [5.41, 5.74) is 0. The second kappa shape index (κ2) is 5.68. The van der Waals surface area contributed by atoms with E-state index in [0.717, 1.165) is 0 Å². The van der Waals surface area contributed by atoms with E-state index in [2.05, 4.69) is 10.7 Å². The Morgan fingerprint density at radius 1 is 1.00 bits per heavy atom. The van der Waals surface area contributed by atoms with Gasteiger partial charge in [-0.15, -0.1) is 0 Å². The molecule has 66 valence electrons. The number of allylic oxidation sites excluding steroid dienone is 4. The quantitative estimate of drug-likeness (QED) is 0.263. The maximum atomic E-state index is 10.3. The molecular weight excluding hydrogens is 204 g/mol. The zero-order valence-corrected chi connectivity index (χ0v) is 7.42. The maximum absolute atomic E-state index is 10.3. The number of ketones is 2. The van der Waals surface area contributed by atoms with Crippen molar-refractivity contribution in [1.29, 1.82) is 0 Å². The lowest BCUT2D eigenvalue weighted by molar-refractivity contribution is -0.131. The fourth-order valence-corrected chi connectivity index (χ4v) is 0.450. The second-order valence-electron chi connectivity index (χ2n) is 1.66. The fraction of sp³-hybridized carbons (Fsp3) is 0. The Morgan fingerprint density at radius 3 is 1.42 bits per heavy atom. The highest BCUT2D eigenvalue weighted by Crippen LogP contribution is 1.90. The SMILES string of the molecule is O=C1C=CC=CC1=O.O=[SH](=O)Cl. The molecule has 1 aliphatic carbocycles. The van der Waals surface area contributed by atoms with E-state index in [1.807, 2.05) is 0 Å². The van der Waals surface area contributed by atoms with E-state index in [1.165, 1.54) is 12.2 Å². The molecule has 1 aliphatic rings. The molecule has 12 heavy (non-hydrogen) atoms. The number of carbonyl (C=O) groups excluding carboxylic acids is 2. The van der Waals surface area contributed by atoms with Gasteiger partial charge in [-0.1, -0.05) is 12.2 Å². The number of halogens is 1. The number of carbonyl (C=O) groups is 2. The third-order valence-corrected chi connectivity index (χ3v) is 0.849. The number of hydrogen-bond acceptors (Lipinski definition) is 4. The summed E-state index contributed by atoms with van der Waals surface area (Å²) in [5.74, 6) is -0.875. The van der Waals surface area contributed by atoms with Gasteiger partial charge in [-0.3, -0.25) is 9.59 Å². The molecule has 6 heteroatoms. The molecule has 0 atom stereocenters. The Balaban J connectivity index is 0.000000261. The first-order valence-electron chi connectivity index (χ1n) is 2.77. The lowest BCUT2D eigenvalue weighted by Gasteiger charge is -1.88. The summed E-state index contributed by atoms with van der Waals surface area (Å²) >= 11 is 0. The molecule has 0 unspecified atom stereocenters. The summed E-state index contributed by atoms with van der Waals surface area (Å²) in [7, 11) is 1.58. The van der Waals surface area contributed by atoms with E-state index in [-0.39, 0.29) is 0 Å². The first-order chi connectivity index (χ1) is 5.54. The molecule has 4 nitrogen and oxygen atoms in total. The summed E-state index contributed by atoms with van der Waals surface area (Å²) in [5, 5.41) is 0. The van der Waals surface area contributed by atoms with Gasteiger partial charge in [0, 0.05) is 10.7 Å². The van der Waals surface area contributed by atoms with Crippen molar-refractivity contribution in [1.82, 2.24) is 0 Å². The van der Waals surface area contributed by atoms with Crippen molar-refractivity contribution in [3.8, 4) is 0 Å². The molecule has 0 saturated heterocycles. The van der Waals surface area contributed by atoms with E-state index < -0.39 is 21.5 Å². The van der Waals surface area contributed by atoms with Gasteiger partial charge in [-0.25, -0.2) is 8.42 Å². The average Bonchev–Trinajstić information content (AvgIpc) is 1.94. The van der Waals surface area contributed by atoms with Gasteiger partial charge in [0.15, 0.2) is 0 Å². The summed E-state index contributed by atoms with van der Waals surface area (Å²) in [6.45, 7) is 0. The molecule has 0 amide bonds. The Hall–Kier alpha value is -0.940. The van der Waals surface area contributed by atoms with Gasteiger partial charge in [0.1, 0.15) is 0 Å². The Kier molecular flexibility index (Phi) is 5.23. The van der Waals surface area contributed by atoms with E-state index in [1.54, 1.807) is 12.2 Å². The first-order valence-corrected chi connectivity index (χ1v) is 4.85. The highest BCUT2D eigenvalue weighted by Gasteiger charge is 2.06. The third-order valence-electron chi connectivity index (χ3n) is 0.849. The van der Waals surface area contributed by atoms with Crippen molar-refractivity contribution in [3.63, 3.8) is 0 Å². The van der Waals surface area contributed by atoms with Crippen LogP contribution >= 0.6 is 10.7 Å². The minimum atomic E-state index is -2.65. The van der Waals surface area contributed by atoms with Gasteiger partial charge < -0.3 is 0 Å². The third kappa shape index (κ3) is 5.82. The molecule has 0 spiro atoms. The van der Waals surface area contributed by atoms with Crippen LogP contribution in [0.15, 0.2) is 24.3 Å². The van der Waals surface area contributed by atoms with Crippen LogP contribution in [-0.2, 0) is 19.5 Å². The molecule has 0 aliphatic heterocycles. The van der Waals surface area contributed by atoms with Crippen LogP contribution in [0.1, 0.15) is 0 Å². The summed E-state index contributed by atoms with van der Waals surface area (Å²) < 4.78 is 17.6. The van der Waals surface area contributed by atoms with Crippen LogP contribution in [0.5, 0.6) is 0 Å². The molecule has 0 aromatic rings. The predicted molar refractivity (Wildman–Crippen MR) is 44.5 cm³/mol. The van der Waals surface area contributed by atoms with Crippen LogP contribution in [0, 0.1) is 0 Å². The van der Waals surface area contributed by atoms with Crippen LogP contribution in [0.2, 0.25) is 0 Å². The van der Waals surface area contributed by atoms with Gasteiger partial charge in [-0.05, 0) is 12.2 Å². The molecule has 0 radical (unpaired) electrons. The van der Waals surface area contributed by atoms with Gasteiger partial charge >= 0.3 is 0 Å². The average molecular weight is 209 g/mol. The Morgan fingerprint density at radius 2 is 1.25 bits per heavy atom. The zero-order valence-electron chi connectivity index (χ0n) is 5.77. The number of hydrogen-bond donors (Lipinski definition) is 1. The zero-order chi connectivity index (χ0) is 9.56. The summed E-state index contributed by atoms with van der Waals surface area (Å²) in [6, 6.07) is 0. The van der Waals surface area contributed by atoms with Crippen molar-refractivity contribution in [3.05, 3.63) is 24.3 Å². The van der Waals surface area contributed by atoms with Crippen LogP contribution in [0.25, 0.3) is 0 Å². The predicted octanol–water partition coefficient (Wildman–Crippen LogP) is 0.00220. The van der Waals surface area contributed by atoms with E-state index >= 15 is 0 Å². The van der Waals surface area contributed by atoms with Gasteiger partial charge in [0.05, 0.1) is 0 Å². The number of thiol groups is 1. The van der Waals surface area contributed by atoms with Crippen molar-refractivity contribution in [2.24, 2.45) is 0 Å². The van der Waals surface area contributed by atoms with Crippen LogP contribution in [0.3, 0.4) is 0 Å². The van der Waals surface area contributed by atoms with E-state index in [4.69, 9.17) is 8.42 Å². The summed E-state index contributed by atoms with van der Waals surface area (Å²) in [4.78, 5) is 20.6. The molecule has 1 rings (SSSR count). The van der Waals surface area contributed by atoms with Gasteiger partial charge in [-0.2, -0.15) is 0 Å². The summed E-state index contributed by atoms with van der Waals surface area (Å²) in [6.07, 6.45) is 5.60.